The first-order valence-corrected chi connectivity index (χ1v) is 6.85. The molecule has 1 amide bonds. The van der Waals surface area contributed by atoms with Crippen LogP contribution in [0.3, 0.4) is 0 Å². The molecule has 102 valence electrons. The highest BCUT2D eigenvalue weighted by Gasteiger charge is 2.23. The normalized spacial score (nSPS) is 17.1. The molecule has 1 aromatic rings. The second-order valence-corrected chi connectivity index (χ2v) is 5.15. The first kappa shape index (κ1) is 13.8. The Hall–Kier alpha value is -1.61. The van der Waals surface area contributed by atoms with Crippen molar-refractivity contribution in [2.75, 3.05) is 6.61 Å². The first-order valence-electron chi connectivity index (χ1n) is 6.85. The van der Waals surface area contributed by atoms with Crippen LogP contribution in [0.4, 0.5) is 0 Å². The van der Waals surface area contributed by atoms with Crippen molar-refractivity contribution in [2.24, 2.45) is 5.92 Å². The van der Waals surface area contributed by atoms with Gasteiger partial charge < -0.3 is 10.4 Å². The number of amides is 1. The van der Waals surface area contributed by atoms with Crippen LogP contribution in [0, 0.1) is 5.92 Å². The summed E-state index contributed by atoms with van der Waals surface area (Å²) < 4.78 is 0. The summed E-state index contributed by atoms with van der Waals surface area (Å²) in [5.74, 6) is 0.547. The number of carbonyl (C=O) groups is 1. The van der Waals surface area contributed by atoms with Gasteiger partial charge in [-0.2, -0.15) is 0 Å². The number of hydrogen-bond acceptors (Lipinski definition) is 2. The molecule has 2 N–H and O–H groups in total. The molecule has 0 bridgehead atoms. The van der Waals surface area contributed by atoms with Crippen LogP contribution in [-0.4, -0.2) is 17.6 Å². The molecule has 0 spiro atoms. The van der Waals surface area contributed by atoms with Gasteiger partial charge in [0, 0.05) is 12.7 Å². The van der Waals surface area contributed by atoms with Gasteiger partial charge in [-0.1, -0.05) is 35.9 Å². The lowest BCUT2D eigenvalue weighted by molar-refractivity contribution is -0.117. The molecule has 0 radical (unpaired) electrons. The Morgan fingerprint density at radius 3 is 2.68 bits per heavy atom. The molecule has 3 nitrogen and oxygen atoms in total. The lowest BCUT2D eigenvalue weighted by Crippen LogP contribution is -2.28. The number of carbonyl (C=O) groups excluding carboxylic acids is 1. The average molecular weight is 259 g/mol. The largest absolute Gasteiger partial charge is 0.396 e. The second-order valence-electron chi connectivity index (χ2n) is 5.15. The summed E-state index contributed by atoms with van der Waals surface area (Å²) in [4.78, 5) is 12.0. The topological polar surface area (TPSA) is 49.3 Å². The van der Waals surface area contributed by atoms with Crippen LogP contribution in [0.1, 0.15) is 37.8 Å². The SMILES string of the molecule is CC(=CC(=O)NC(CCO)c1ccccc1)C1CC1. The van der Waals surface area contributed by atoms with E-state index >= 15 is 0 Å². The highest BCUT2D eigenvalue weighted by atomic mass is 16.3. The molecule has 3 heteroatoms. The average Bonchev–Trinajstić information content (AvgIpc) is 3.23. The molecule has 0 heterocycles. The second kappa shape index (κ2) is 6.53. The molecule has 1 fully saturated rings. The monoisotopic (exact) mass is 259 g/mol. The molecule has 0 saturated heterocycles. The minimum Gasteiger partial charge on any atom is -0.396 e. The van der Waals surface area contributed by atoms with Crippen LogP contribution in [-0.2, 0) is 4.79 Å². The van der Waals surface area contributed by atoms with Crippen LogP contribution in [0.15, 0.2) is 42.0 Å². The zero-order chi connectivity index (χ0) is 13.7. The van der Waals surface area contributed by atoms with Crippen LogP contribution in [0.25, 0.3) is 0 Å². The van der Waals surface area contributed by atoms with E-state index in [4.69, 9.17) is 5.11 Å². The summed E-state index contributed by atoms with van der Waals surface area (Å²) in [6, 6.07) is 9.64. The summed E-state index contributed by atoms with van der Waals surface area (Å²) in [7, 11) is 0. The van der Waals surface area contributed by atoms with Crippen molar-refractivity contribution in [1.82, 2.24) is 5.32 Å². The van der Waals surface area contributed by atoms with E-state index in [1.807, 2.05) is 37.3 Å². The molecular formula is C16H21NO2. The van der Waals surface area contributed by atoms with E-state index in [1.165, 1.54) is 12.8 Å². The molecule has 2 rings (SSSR count). The maximum atomic E-state index is 12.0. The van der Waals surface area contributed by atoms with E-state index < -0.39 is 0 Å². The number of aliphatic hydroxyl groups is 1. The lowest BCUT2D eigenvalue weighted by Gasteiger charge is -2.17. The predicted octanol–water partition coefficient (Wildman–Crippen LogP) is 2.58. The van der Waals surface area contributed by atoms with Crippen molar-refractivity contribution in [2.45, 2.75) is 32.2 Å². The van der Waals surface area contributed by atoms with Gasteiger partial charge in [0.25, 0.3) is 0 Å². The van der Waals surface area contributed by atoms with E-state index in [1.54, 1.807) is 6.08 Å². The van der Waals surface area contributed by atoms with Gasteiger partial charge in [0.2, 0.25) is 5.91 Å². The fraction of sp³-hybridized carbons (Fsp3) is 0.438. The molecule has 1 atom stereocenters. The summed E-state index contributed by atoms with van der Waals surface area (Å²) >= 11 is 0. The maximum Gasteiger partial charge on any atom is 0.244 e. The first-order chi connectivity index (χ1) is 9.20. The van der Waals surface area contributed by atoms with Crippen LogP contribution in [0.5, 0.6) is 0 Å². The van der Waals surface area contributed by atoms with Crippen LogP contribution >= 0.6 is 0 Å². The molecule has 1 aliphatic carbocycles. The fourth-order valence-electron chi connectivity index (χ4n) is 2.21. The quantitative estimate of drug-likeness (QED) is 0.771. The Morgan fingerprint density at radius 2 is 2.11 bits per heavy atom. The van der Waals surface area contributed by atoms with E-state index in [0.717, 1.165) is 11.1 Å². The van der Waals surface area contributed by atoms with Gasteiger partial charge in [0.05, 0.1) is 6.04 Å². The summed E-state index contributed by atoms with van der Waals surface area (Å²) in [6.45, 7) is 2.08. The lowest BCUT2D eigenvalue weighted by atomic mass is 10.0. The van der Waals surface area contributed by atoms with Crippen molar-refractivity contribution in [3.8, 4) is 0 Å². The van der Waals surface area contributed by atoms with Crippen molar-refractivity contribution in [3.05, 3.63) is 47.5 Å². The number of allylic oxidation sites excluding steroid dienone is 1. The minimum absolute atomic E-state index is 0.0607. The predicted molar refractivity (Wildman–Crippen MR) is 75.5 cm³/mol. The van der Waals surface area contributed by atoms with E-state index in [2.05, 4.69) is 5.32 Å². The van der Waals surface area contributed by atoms with Crippen LogP contribution < -0.4 is 5.32 Å². The van der Waals surface area contributed by atoms with Crippen molar-refractivity contribution >= 4 is 5.91 Å². The Balaban J connectivity index is 2.00. The van der Waals surface area contributed by atoms with Gasteiger partial charge >= 0.3 is 0 Å². The van der Waals surface area contributed by atoms with Gasteiger partial charge in [-0.25, -0.2) is 0 Å². The zero-order valence-corrected chi connectivity index (χ0v) is 11.3. The number of hydrogen-bond donors (Lipinski definition) is 2. The molecule has 0 aliphatic heterocycles. The summed E-state index contributed by atoms with van der Waals surface area (Å²) in [6.07, 6.45) is 4.64. The third-order valence-electron chi connectivity index (χ3n) is 3.52. The van der Waals surface area contributed by atoms with Crippen molar-refractivity contribution in [3.63, 3.8) is 0 Å². The van der Waals surface area contributed by atoms with Gasteiger partial charge in [-0.3, -0.25) is 4.79 Å². The van der Waals surface area contributed by atoms with Gasteiger partial charge in [0.1, 0.15) is 0 Å². The third kappa shape index (κ3) is 4.21. The van der Waals surface area contributed by atoms with Gasteiger partial charge in [-0.05, 0) is 37.7 Å². The fourth-order valence-corrected chi connectivity index (χ4v) is 2.21. The molecule has 19 heavy (non-hydrogen) atoms. The number of nitrogens with one attached hydrogen (secondary N) is 1. The van der Waals surface area contributed by atoms with Gasteiger partial charge in [-0.15, -0.1) is 0 Å². The molecule has 1 aromatic carbocycles. The molecule has 0 aromatic heterocycles. The Kier molecular flexibility index (Phi) is 4.74. The highest BCUT2D eigenvalue weighted by molar-refractivity contribution is 5.88. The van der Waals surface area contributed by atoms with Crippen molar-refractivity contribution in [1.29, 1.82) is 0 Å². The number of rotatable bonds is 6. The number of benzene rings is 1. The highest BCUT2D eigenvalue weighted by Crippen LogP contribution is 2.35. The molecule has 1 saturated carbocycles. The smallest absolute Gasteiger partial charge is 0.244 e. The minimum atomic E-state index is -0.123. The van der Waals surface area contributed by atoms with E-state index in [9.17, 15) is 4.79 Å². The Bertz CT molecular complexity index is 449. The Labute approximate surface area is 114 Å². The molecule has 1 aliphatic rings. The zero-order valence-electron chi connectivity index (χ0n) is 11.3. The molecular weight excluding hydrogens is 238 g/mol. The van der Waals surface area contributed by atoms with E-state index in [-0.39, 0.29) is 18.6 Å². The van der Waals surface area contributed by atoms with Crippen LogP contribution in [0.2, 0.25) is 0 Å². The summed E-state index contributed by atoms with van der Waals surface area (Å²) in [5, 5.41) is 12.1. The van der Waals surface area contributed by atoms with Gasteiger partial charge in [0.15, 0.2) is 0 Å². The number of aliphatic hydroxyl groups excluding tert-OH is 1. The van der Waals surface area contributed by atoms with E-state index in [0.29, 0.717) is 12.3 Å². The molecule has 1 unspecified atom stereocenters. The third-order valence-corrected chi connectivity index (χ3v) is 3.52. The Morgan fingerprint density at radius 1 is 1.42 bits per heavy atom. The standard InChI is InChI=1S/C16H21NO2/c1-12(13-7-8-13)11-16(19)17-15(9-10-18)14-5-3-2-4-6-14/h2-6,11,13,15,18H,7-10H2,1H3,(H,17,19). The summed E-state index contributed by atoms with van der Waals surface area (Å²) in [5.41, 5.74) is 2.19. The maximum absolute atomic E-state index is 12.0. The van der Waals surface area contributed by atoms with Crippen molar-refractivity contribution < 1.29 is 9.90 Å².